The second-order valence-corrected chi connectivity index (χ2v) is 9.06. The number of aryl methyl sites for hydroxylation is 2. The van der Waals surface area contributed by atoms with Crippen LogP contribution in [0.5, 0.6) is 0 Å². The Morgan fingerprint density at radius 2 is 2.00 bits per heavy atom. The molecule has 0 fully saturated rings. The Labute approximate surface area is 173 Å². The number of nitrogens with one attached hydrogen (secondary N) is 2. The average molecular weight is 427 g/mol. The zero-order valence-electron chi connectivity index (χ0n) is 16.5. The van der Waals surface area contributed by atoms with Crippen molar-refractivity contribution in [1.29, 1.82) is 0 Å². The Balaban J connectivity index is 1.67. The van der Waals surface area contributed by atoms with Crippen LogP contribution in [-0.4, -0.2) is 30.1 Å². The van der Waals surface area contributed by atoms with Gasteiger partial charge >= 0.3 is 0 Å². The van der Waals surface area contributed by atoms with E-state index in [9.17, 15) is 18.5 Å². The third-order valence-electron chi connectivity index (χ3n) is 5.22. The predicted octanol–water partition coefficient (Wildman–Crippen LogP) is 3.30. The molecule has 2 N–H and O–H groups in total. The lowest BCUT2D eigenvalue weighted by molar-refractivity contribution is -0.384. The number of benzene rings is 2. The van der Waals surface area contributed by atoms with Gasteiger partial charge in [-0.05, 0) is 37.6 Å². The van der Waals surface area contributed by atoms with E-state index in [-0.39, 0.29) is 10.6 Å². The van der Waals surface area contributed by atoms with Crippen LogP contribution in [0.1, 0.15) is 22.4 Å². The Kier molecular flexibility index (Phi) is 4.94. The van der Waals surface area contributed by atoms with Gasteiger partial charge in [-0.3, -0.25) is 19.9 Å². The fourth-order valence-electron chi connectivity index (χ4n) is 3.64. The first-order chi connectivity index (χ1) is 14.2. The molecule has 0 aliphatic carbocycles. The third kappa shape index (κ3) is 3.73. The van der Waals surface area contributed by atoms with Crippen molar-refractivity contribution in [2.75, 3.05) is 16.2 Å². The molecule has 1 aliphatic rings. The van der Waals surface area contributed by atoms with Gasteiger partial charge in [0.15, 0.2) is 0 Å². The van der Waals surface area contributed by atoms with Crippen LogP contribution >= 0.6 is 0 Å². The van der Waals surface area contributed by atoms with Crippen molar-refractivity contribution in [3.63, 3.8) is 0 Å². The summed E-state index contributed by atoms with van der Waals surface area (Å²) in [5.41, 5.74) is 4.36. The Bertz CT molecular complexity index is 1240. The minimum Gasteiger partial charge on any atom is -0.361 e. The molecule has 0 saturated carbocycles. The third-order valence-corrected chi connectivity index (χ3v) is 6.58. The summed E-state index contributed by atoms with van der Waals surface area (Å²) in [6.07, 6.45) is 2.39. The molecule has 2 aromatic carbocycles. The van der Waals surface area contributed by atoms with Crippen LogP contribution in [0, 0.1) is 24.0 Å². The van der Waals surface area contributed by atoms with Crippen molar-refractivity contribution in [3.05, 3.63) is 75.1 Å². The molecule has 0 spiro atoms. The van der Waals surface area contributed by atoms with Gasteiger partial charge in [-0.15, -0.1) is 0 Å². The molecule has 2 heterocycles. The van der Waals surface area contributed by atoms with E-state index in [1.165, 1.54) is 12.1 Å². The highest BCUT2D eigenvalue weighted by atomic mass is 32.2. The van der Waals surface area contributed by atoms with Gasteiger partial charge in [0.25, 0.3) is 15.7 Å². The number of sulfonamides is 1. The standard InChI is InChI=1S/C20H21N5O4S/c1-13-3-5-17(14(2)9-13)23-30(28,29)16-4-6-19(20(10-16)25(26)27)24-8-7-18-15(12-24)11-21-22-18/h3-6,9-11,23H,7-8,12H2,1-2H3,(H,21,22). The van der Waals surface area contributed by atoms with E-state index in [4.69, 9.17) is 0 Å². The molecule has 1 aliphatic heterocycles. The van der Waals surface area contributed by atoms with Crippen LogP contribution in [0.2, 0.25) is 0 Å². The summed E-state index contributed by atoms with van der Waals surface area (Å²) in [6.45, 7) is 4.76. The van der Waals surface area contributed by atoms with Crippen molar-refractivity contribution in [3.8, 4) is 0 Å². The molecule has 3 aromatic rings. The van der Waals surface area contributed by atoms with E-state index in [0.29, 0.717) is 30.9 Å². The van der Waals surface area contributed by atoms with Crippen LogP contribution < -0.4 is 9.62 Å². The highest BCUT2D eigenvalue weighted by Crippen LogP contribution is 2.34. The van der Waals surface area contributed by atoms with Gasteiger partial charge in [0.05, 0.1) is 21.7 Å². The van der Waals surface area contributed by atoms with Crippen molar-refractivity contribution < 1.29 is 13.3 Å². The number of nitro benzene ring substituents is 1. The van der Waals surface area contributed by atoms with Crippen molar-refractivity contribution >= 4 is 27.1 Å². The molecular formula is C20H21N5O4S. The largest absolute Gasteiger partial charge is 0.361 e. The molecular weight excluding hydrogens is 406 g/mol. The van der Waals surface area contributed by atoms with Crippen molar-refractivity contribution in [2.45, 2.75) is 31.7 Å². The summed E-state index contributed by atoms with van der Waals surface area (Å²) in [7, 11) is -3.98. The fourth-order valence-corrected chi connectivity index (χ4v) is 4.79. The summed E-state index contributed by atoms with van der Waals surface area (Å²) in [5.74, 6) is 0. The minimum absolute atomic E-state index is 0.154. The Morgan fingerprint density at radius 1 is 1.20 bits per heavy atom. The molecule has 0 saturated heterocycles. The number of hydrogen-bond donors (Lipinski definition) is 2. The number of anilines is 2. The van der Waals surface area contributed by atoms with Gasteiger partial charge in [0.2, 0.25) is 0 Å². The summed E-state index contributed by atoms with van der Waals surface area (Å²) in [5, 5.41) is 18.7. The molecule has 30 heavy (non-hydrogen) atoms. The Morgan fingerprint density at radius 3 is 2.73 bits per heavy atom. The molecule has 156 valence electrons. The van der Waals surface area contributed by atoms with Gasteiger partial charge in [0.1, 0.15) is 5.69 Å². The van der Waals surface area contributed by atoms with Crippen molar-refractivity contribution in [1.82, 2.24) is 10.2 Å². The van der Waals surface area contributed by atoms with E-state index in [1.54, 1.807) is 25.3 Å². The number of nitrogens with zero attached hydrogens (tertiary/aromatic N) is 3. The number of aromatic amines is 1. The van der Waals surface area contributed by atoms with Crippen LogP contribution in [0.15, 0.2) is 47.5 Å². The number of nitro groups is 1. The van der Waals surface area contributed by atoms with Gasteiger partial charge in [-0.2, -0.15) is 5.10 Å². The van der Waals surface area contributed by atoms with Gasteiger partial charge in [0, 0.05) is 36.8 Å². The highest BCUT2D eigenvalue weighted by molar-refractivity contribution is 7.92. The first-order valence-electron chi connectivity index (χ1n) is 9.39. The molecule has 0 amide bonds. The molecule has 1 aromatic heterocycles. The first kappa shape index (κ1) is 19.9. The van der Waals surface area contributed by atoms with E-state index < -0.39 is 14.9 Å². The summed E-state index contributed by atoms with van der Waals surface area (Å²) >= 11 is 0. The maximum absolute atomic E-state index is 12.9. The number of fused-ring (bicyclic) bond motifs is 1. The lowest BCUT2D eigenvalue weighted by atomic mass is 10.1. The lowest BCUT2D eigenvalue weighted by Gasteiger charge is -2.28. The number of rotatable bonds is 5. The van der Waals surface area contributed by atoms with E-state index in [1.807, 2.05) is 17.9 Å². The lowest BCUT2D eigenvalue weighted by Crippen LogP contribution is -2.30. The molecule has 9 nitrogen and oxygen atoms in total. The normalized spacial score (nSPS) is 13.7. The second-order valence-electron chi connectivity index (χ2n) is 7.38. The molecule has 10 heteroatoms. The quantitative estimate of drug-likeness (QED) is 0.476. The fraction of sp³-hybridized carbons (Fsp3) is 0.250. The maximum Gasteiger partial charge on any atom is 0.293 e. The van der Waals surface area contributed by atoms with Crippen LogP contribution in [0.25, 0.3) is 0 Å². The predicted molar refractivity (Wildman–Crippen MR) is 113 cm³/mol. The SMILES string of the molecule is Cc1ccc(NS(=O)(=O)c2ccc(N3CCc4[nH]ncc4C3)c([N+](=O)[O-])c2)c(C)c1. The first-order valence-corrected chi connectivity index (χ1v) is 10.9. The van der Waals surface area contributed by atoms with E-state index in [2.05, 4.69) is 14.9 Å². The summed E-state index contributed by atoms with van der Waals surface area (Å²) in [4.78, 5) is 12.9. The van der Waals surface area contributed by atoms with Crippen molar-refractivity contribution in [2.24, 2.45) is 0 Å². The van der Waals surface area contributed by atoms with Crippen LogP contribution in [0.3, 0.4) is 0 Å². The number of aromatic nitrogens is 2. The summed E-state index contributed by atoms with van der Waals surface area (Å²) in [6, 6.07) is 9.37. The topological polar surface area (TPSA) is 121 Å². The monoisotopic (exact) mass is 427 g/mol. The molecule has 4 rings (SSSR count). The molecule has 0 bridgehead atoms. The van der Waals surface area contributed by atoms with Crippen LogP contribution in [0.4, 0.5) is 17.1 Å². The van der Waals surface area contributed by atoms with Gasteiger partial charge in [-0.25, -0.2) is 8.42 Å². The molecule has 0 unspecified atom stereocenters. The smallest absolute Gasteiger partial charge is 0.293 e. The average Bonchev–Trinajstić information content (AvgIpc) is 3.17. The summed E-state index contributed by atoms with van der Waals surface area (Å²) < 4.78 is 28.3. The highest BCUT2D eigenvalue weighted by Gasteiger charge is 2.27. The van der Waals surface area contributed by atoms with E-state index >= 15 is 0 Å². The van der Waals surface area contributed by atoms with E-state index in [0.717, 1.165) is 28.5 Å². The minimum atomic E-state index is -3.98. The Hall–Kier alpha value is -3.40. The molecule has 0 radical (unpaired) electrons. The molecule has 0 atom stereocenters. The zero-order valence-corrected chi connectivity index (χ0v) is 17.4. The van der Waals surface area contributed by atoms with Crippen LogP contribution in [-0.2, 0) is 23.0 Å². The maximum atomic E-state index is 12.9. The second kappa shape index (κ2) is 7.45. The number of H-pyrrole nitrogens is 1. The zero-order chi connectivity index (χ0) is 21.5. The van der Waals surface area contributed by atoms with Gasteiger partial charge < -0.3 is 4.90 Å². The number of hydrogen-bond acceptors (Lipinski definition) is 6. The van der Waals surface area contributed by atoms with Gasteiger partial charge in [-0.1, -0.05) is 17.7 Å².